The van der Waals surface area contributed by atoms with Crippen LogP contribution in [0.2, 0.25) is 0 Å². The van der Waals surface area contributed by atoms with E-state index in [9.17, 15) is 8.78 Å². The van der Waals surface area contributed by atoms with Crippen molar-refractivity contribution in [2.24, 2.45) is 5.92 Å². The van der Waals surface area contributed by atoms with E-state index in [0.717, 1.165) is 58.0 Å². The Hall–Kier alpha value is -1.21. The van der Waals surface area contributed by atoms with Crippen molar-refractivity contribution in [2.75, 3.05) is 13.1 Å². The van der Waals surface area contributed by atoms with E-state index in [1.54, 1.807) is 0 Å². The molecule has 0 saturated carbocycles. The van der Waals surface area contributed by atoms with E-state index < -0.39 is 6.17 Å². The molecule has 5 rings (SSSR count). The predicted octanol–water partition coefficient (Wildman–Crippen LogP) is 4.82. The number of hydrogen-bond donors (Lipinski definition) is 4. The molecule has 3 aliphatic carbocycles. The molecule has 0 saturated heterocycles. The fraction of sp³-hybridized carbons (Fsp3) is 0.680. The van der Waals surface area contributed by atoms with Crippen molar-refractivity contribution in [3.8, 4) is 0 Å². The second-order valence-corrected chi connectivity index (χ2v) is 10.4. The average Bonchev–Trinajstić information content (AvgIpc) is 2.82. The Bertz CT molecular complexity index is 849. The summed E-state index contributed by atoms with van der Waals surface area (Å²) < 4.78 is 27.9. The van der Waals surface area contributed by atoms with E-state index in [2.05, 4.69) is 27.3 Å². The van der Waals surface area contributed by atoms with Gasteiger partial charge in [0.25, 0.3) is 0 Å². The maximum atomic E-state index is 14.0. The smallest absolute Gasteiger partial charge is 0.119 e. The molecule has 4 N–H and O–H groups in total. The average molecular weight is 465 g/mol. The summed E-state index contributed by atoms with van der Waals surface area (Å²) in [7, 11) is 0. The summed E-state index contributed by atoms with van der Waals surface area (Å²) in [6.07, 6.45) is 11.9. The highest BCUT2D eigenvalue weighted by Crippen LogP contribution is 2.40. The SMILES string of the molecule is FC1=C(Cl)C[C@@H](N[C@H]2N[C@@H](C3=CCCNC3)NC3=C2C[C@H](C2=C[C@H](F)CCC2)CC3)CC1. The van der Waals surface area contributed by atoms with E-state index in [1.165, 1.54) is 22.4 Å². The number of rotatable bonds is 4. The van der Waals surface area contributed by atoms with Gasteiger partial charge in [0, 0.05) is 31.1 Å². The van der Waals surface area contributed by atoms with Gasteiger partial charge in [-0.25, -0.2) is 8.78 Å². The van der Waals surface area contributed by atoms with Crippen LogP contribution in [0.15, 0.2) is 45.4 Å². The molecule has 2 aliphatic heterocycles. The van der Waals surface area contributed by atoms with Gasteiger partial charge in [-0.1, -0.05) is 29.3 Å². The summed E-state index contributed by atoms with van der Waals surface area (Å²) >= 11 is 6.17. The summed E-state index contributed by atoms with van der Waals surface area (Å²) in [5.74, 6) is 0.251. The molecule has 5 aliphatic rings. The van der Waals surface area contributed by atoms with Gasteiger partial charge in [0.15, 0.2) is 0 Å². The van der Waals surface area contributed by atoms with Gasteiger partial charge in [-0.05, 0) is 75.0 Å². The number of nitrogens with one attached hydrogen (secondary N) is 4. The van der Waals surface area contributed by atoms with Crippen LogP contribution in [0.5, 0.6) is 0 Å². The van der Waals surface area contributed by atoms with Gasteiger partial charge >= 0.3 is 0 Å². The Labute approximate surface area is 195 Å². The molecule has 5 atom stereocenters. The van der Waals surface area contributed by atoms with Crippen LogP contribution in [-0.2, 0) is 0 Å². The summed E-state index contributed by atoms with van der Waals surface area (Å²) in [4.78, 5) is 0. The zero-order valence-corrected chi connectivity index (χ0v) is 19.4. The van der Waals surface area contributed by atoms with Crippen molar-refractivity contribution >= 4 is 11.6 Å². The largest absolute Gasteiger partial charge is 0.370 e. The normalized spacial score (nSPS) is 36.3. The van der Waals surface area contributed by atoms with Gasteiger partial charge in [-0.3, -0.25) is 10.6 Å². The molecule has 2 heterocycles. The molecule has 0 amide bonds. The van der Waals surface area contributed by atoms with E-state index in [0.29, 0.717) is 30.2 Å². The Morgan fingerprint density at radius 1 is 1.06 bits per heavy atom. The number of allylic oxidation sites excluding steroid dienone is 4. The molecule has 176 valence electrons. The highest BCUT2D eigenvalue weighted by atomic mass is 35.5. The van der Waals surface area contributed by atoms with Gasteiger partial charge in [0.2, 0.25) is 0 Å². The standard InChI is InChI=1S/C25H35ClF2N4/c26-21-13-19(7-8-22(21)28)30-25-20-12-16(15-3-1-5-18(27)11-15)6-9-23(20)31-24(32-25)17-4-2-10-29-14-17/h4,11,16,18-19,24-25,29-32H,1-3,5-10,12-14H2/t16-,18-,19+,24+,25+/m1/s1. The Morgan fingerprint density at radius 2 is 1.97 bits per heavy atom. The fourth-order valence-corrected chi connectivity index (χ4v) is 6.22. The van der Waals surface area contributed by atoms with E-state index >= 15 is 0 Å². The Morgan fingerprint density at radius 3 is 2.75 bits per heavy atom. The van der Waals surface area contributed by atoms with E-state index in [-0.39, 0.29) is 24.2 Å². The van der Waals surface area contributed by atoms with Crippen molar-refractivity contribution in [1.82, 2.24) is 21.3 Å². The summed E-state index contributed by atoms with van der Waals surface area (Å²) in [5.41, 5.74) is 5.33. The Kier molecular flexibility index (Phi) is 7.03. The minimum Gasteiger partial charge on any atom is -0.370 e. The van der Waals surface area contributed by atoms with E-state index in [4.69, 9.17) is 11.6 Å². The summed E-state index contributed by atoms with van der Waals surface area (Å²) in [6, 6.07) is 0.148. The van der Waals surface area contributed by atoms with Crippen molar-refractivity contribution in [1.29, 1.82) is 0 Å². The van der Waals surface area contributed by atoms with Crippen LogP contribution >= 0.6 is 11.6 Å². The lowest BCUT2D eigenvalue weighted by Crippen LogP contribution is -2.62. The molecule has 0 radical (unpaired) electrons. The van der Waals surface area contributed by atoms with Crippen LogP contribution in [0.4, 0.5) is 8.78 Å². The molecule has 0 fully saturated rings. The van der Waals surface area contributed by atoms with Crippen LogP contribution in [0, 0.1) is 5.92 Å². The van der Waals surface area contributed by atoms with Gasteiger partial charge in [0.1, 0.15) is 18.2 Å². The highest BCUT2D eigenvalue weighted by molar-refractivity contribution is 6.29. The molecule has 0 bridgehead atoms. The van der Waals surface area contributed by atoms with Crippen LogP contribution in [-0.4, -0.2) is 37.6 Å². The molecular weight excluding hydrogens is 430 g/mol. The first kappa shape index (κ1) is 22.6. The molecule has 0 unspecified atom stereocenters. The highest BCUT2D eigenvalue weighted by Gasteiger charge is 2.36. The van der Waals surface area contributed by atoms with Gasteiger partial charge in [-0.2, -0.15) is 0 Å². The number of alkyl halides is 1. The number of halogens is 3. The molecule has 0 aromatic heterocycles. The topological polar surface area (TPSA) is 48.1 Å². The second kappa shape index (κ2) is 9.96. The van der Waals surface area contributed by atoms with Crippen LogP contribution < -0.4 is 21.3 Å². The first-order chi connectivity index (χ1) is 15.6. The van der Waals surface area contributed by atoms with Crippen molar-refractivity contribution < 1.29 is 8.78 Å². The van der Waals surface area contributed by atoms with Gasteiger partial charge in [-0.15, -0.1) is 0 Å². The molecule has 0 aromatic rings. The van der Waals surface area contributed by atoms with Crippen LogP contribution in [0.25, 0.3) is 0 Å². The molecule has 7 heteroatoms. The first-order valence-electron chi connectivity index (χ1n) is 12.3. The number of hydrogen-bond acceptors (Lipinski definition) is 4. The third-order valence-corrected chi connectivity index (χ3v) is 8.08. The lowest BCUT2D eigenvalue weighted by atomic mass is 9.76. The fourth-order valence-electron chi connectivity index (χ4n) is 5.94. The lowest BCUT2D eigenvalue weighted by molar-refractivity contribution is 0.286. The maximum absolute atomic E-state index is 14.0. The van der Waals surface area contributed by atoms with Crippen molar-refractivity contribution in [3.63, 3.8) is 0 Å². The van der Waals surface area contributed by atoms with E-state index in [1.807, 2.05) is 6.08 Å². The molecule has 32 heavy (non-hydrogen) atoms. The monoisotopic (exact) mass is 464 g/mol. The molecule has 4 nitrogen and oxygen atoms in total. The first-order valence-corrected chi connectivity index (χ1v) is 12.7. The minimum atomic E-state index is -0.785. The van der Waals surface area contributed by atoms with Gasteiger partial charge in [0.05, 0.1) is 11.2 Å². The molecular formula is C25H35ClF2N4. The second-order valence-electron chi connectivity index (χ2n) is 9.93. The summed E-state index contributed by atoms with van der Waals surface area (Å²) in [6.45, 7) is 1.91. The lowest BCUT2D eigenvalue weighted by Gasteiger charge is -2.44. The third kappa shape index (κ3) is 4.98. The van der Waals surface area contributed by atoms with Crippen molar-refractivity contribution in [2.45, 2.75) is 88.8 Å². The summed E-state index contributed by atoms with van der Waals surface area (Å²) in [5, 5.41) is 15.2. The minimum absolute atomic E-state index is 0.0165. The van der Waals surface area contributed by atoms with Crippen molar-refractivity contribution in [3.05, 3.63) is 45.4 Å². The van der Waals surface area contributed by atoms with Crippen LogP contribution in [0.3, 0.4) is 0 Å². The molecule has 0 spiro atoms. The van der Waals surface area contributed by atoms with Gasteiger partial charge < -0.3 is 10.6 Å². The zero-order chi connectivity index (χ0) is 22.1. The van der Waals surface area contributed by atoms with Crippen LogP contribution in [0.1, 0.15) is 64.2 Å². The maximum Gasteiger partial charge on any atom is 0.119 e. The molecule has 0 aromatic carbocycles. The third-order valence-electron chi connectivity index (χ3n) is 7.72. The predicted molar refractivity (Wildman–Crippen MR) is 125 cm³/mol. The quantitative estimate of drug-likeness (QED) is 0.451. The zero-order valence-electron chi connectivity index (χ0n) is 18.7. The Balaban J connectivity index is 1.37.